The number of aliphatic carboxylic acids is 1. The van der Waals surface area contributed by atoms with Crippen LogP contribution in [0.2, 0.25) is 0 Å². The van der Waals surface area contributed by atoms with Crippen molar-refractivity contribution in [1.82, 2.24) is 15.2 Å². The van der Waals surface area contributed by atoms with Crippen LogP contribution < -0.4 is 5.32 Å². The zero-order valence-corrected chi connectivity index (χ0v) is 15.8. The Labute approximate surface area is 158 Å². The van der Waals surface area contributed by atoms with Crippen LogP contribution in [0.15, 0.2) is 5.38 Å². The third-order valence-corrected chi connectivity index (χ3v) is 5.29. The highest BCUT2D eigenvalue weighted by atomic mass is 32.1. The van der Waals surface area contributed by atoms with Crippen LogP contribution in [0.4, 0.5) is 13.2 Å². The van der Waals surface area contributed by atoms with E-state index in [0.29, 0.717) is 5.92 Å². The lowest BCUT2D eigenvalue weighted by atomic mass is 9.91. The van der Waals surface area contributed by atoms with E-state index in [2.05, 4.69) is 20.6 Å². The summed E-state index contributed by atoms with van der Waals surface area (Å²) in [5.41, 5.74) is 1.15. The van der Waals surface area contributed by atoms with Crippen LogP contribution in [0.3, 0.4) is 0 Å². The van der Waals surface area contributed by atoms with Gasteiger partial charge in [0.25, 0.3) is 0 Å². The molecule has 0 unspecified atom stereocenters. The fourth-order valence-electron chi connectivity index (χ4n) is 3.18. The number of thiazole rings is 1. The predicted octanol–water partition coefficient (Wildman–Crippen LogP) is 1.81. The highest BCUT2D eigenvalue weighted by Gasteiger charge is 2.41. The van der Waals surface area contributed by atoms with Gasteiger partial charge < -0.3 is 15.2 Å². The van der Waals surface area contributed by atoms with E-state index in [1.54, 1.807) is 18.4 Å². The lowest BCUT2D eigenvalue weighted by Crippen LogP contribution is -2.42. The number of piperidine rings is 1. The summed E-state index contributed by atoms with van der Waals surface area (Å²) >= 11 is 1.70. The second-order valence-corrected chi connectivity index (χ2v) is 7.52. The van der Waals surface area contributed by atoms with Gasteiger partial charge in [-0.3, -0.25) is 9.69 Å². The van der Waals surface area contributed by atoms with E-state index in [9.17, 15) is 18.0 Å². The second-order valence-electron chi connectivity index (χ2n) is 6.46. The molecule has 0 saturated carbocycles. The summed E-state index contributed by atoms with van der Waals surface area (Å²) in [5, 5.41) is 13.1. The van der Waals surface area contributed by atoms with Crippen molar-refractivity contribution >= 4 is 23.2 Å². The van der Waals surface area contributed by atoms with Crippen LogP contribution in [0.1, 0.15) is 23.5 Å². The minimum Gasteiger partial charge on any atom is -0.475 e. The molecule has 2 aliphatic rings. The smallest absolute Gasteiger partial charge is 0.475 e. The summed E-state index contributed by atoms with van der Waals surface area (Å²) in [4.78, 5) is 27.5. The van der Waals surface area contributed by atoms with E-state index in [4.69, 9.17) is 14.6 Å². The normalized spacial score (nSPS) is 25.3. The number of hydrogen-bond acceptors (Lipinski definition) is 6. The van der Waals surface area contributed by atoms with Gasteiger partial charge in [0, 0.05) is 25.5 Å². The largest absolute Gasteiger partial charge is 0.490 e. The quantitative estimate of drug-likeness (QED) is 0.791. The molecule has 11 heteroatoms. The monoisotopic (exact) mass is 409 g/mol. The second kappa shape index (κ2) is 8.98. The Kier molecular flexibility index (Phi) is 7.18. The van der Waals surface area contributed by atoms with Crippen molar-refractivity contribution in [1.29, 1.82) is 0 Å². The maximum Gasteiger partial charge on any atom is 0.490 e. The third-order valence-electron chi connectivity index (χ3n) is 4.47. The maximum atomic E-state index is 11.7. The molecule has 2 fully saturated rings. The van der Waals surface area contributed by atoms with Gasteiger partial charge in [0.05, 0.1) is 16.8 Å². The number of nitrogens with zero attached hydrogens (tertiary/aromatic N) is 2. The number of fused-ring (bicyclic) bond motifs is 1. The average Bonchev–Trinajstić information content (AvgIpc) is 3.19. The molecular formula is C16H22F3N3O4S. The van der Waals surface area contributed by atoms with Gasteiger partial charge in [0.15, 0.2) is 0 Å². The number of aromatic nitrogens is 1. The summed E-state index contributed by atoms with van der Waals surface area (Å²) in [7, 11) is 1.67. The molecule has 0 radical (unpaired) electrons. The number of likely N-dealkylation sites (tertiary alicyclic amines) is 1. The first-order valence-electron chi connectivity index (χ1n) is 8.40. The van der Waals surface area contributed by atoms with E-state index in [-0.39, 0.29) is 18.1 Å². The number of likely N-dealkylation sites (N-methyl/N-ethyl adjacent to an activating group) is 1. The predicted molar refractivity (Wildman–Crippen MR) is 91.3 cm³/mol. The van der Waals surface area contributed by atoms with Crippen LogP contribution in [0.5, 0.6) is 0 Å². The number of carboxylic acids is 1. The minimum absolute atomic E-state index is 0.0149. The van der Waals surface area contributed by atoms with Crippen molar-refractivity contribution in [3.05, 3.63) is 16.1 Å². The topological polar surface area (TPSA) is 91.8 Å². The Morgan fingerprint density at radius 1 is 1.48 bits per heavy atom. The summed E-state index contributed by atoms with van der Waals surface area (Å²) < 4.78 is 37.7. The van der Waals surface area contributed by atoms with Gasteiger partial charge in [-0.25, -0.2) is 9.78 Å². The number of nitrogens with one attached hydrogen (secondary N) is 1. The molecule has 2 N–H and O–H groups in total. The van der Waals surface area contributed by atoms with Crippen molar-refractivity contribution in [2.75, 3.05) is 20.1 Å². The summed E-state index contributed by atoms with van der Waals surface area (Å²) in [6, 6.07) is 0. The van der Waals surface area contributed by atoms with Gasteiger partial charge in [0.1, 0.15) is 6.10 Å². The molecule has 2 saturated heterocycles. The number of alkyl halides is 3. The molecular weight excluding hydrogens is 387 g/mol. The van der Waals surface area contributed by atoms with Crippen molar-refractivity contribution in [3.8, 4) is 0 Å². The van der Waals surface area contributed by atoms with Crippen LogP contribution in [-0.2, 0) is 20.9 Å². The fourth-order valence-corrected chi connectivity index (χ4v) is 3.78. The number of rotatable bonds is 3. The molecule has 27 heavy (non-hydrogen) atoms. The SMILES string of the molecule is CNC(=O)[C@@H]1C[C@@H]2CCN(Cc3csc(C)n3)C[C@H]2O1.O=C(O)C(F)(F)F. The Hall–Kier alpha value is -1.72. The number of carbonyl (C=O) groups is 2. The van der Waals surface area contributed by atoms with Crippen LogP contribution in [0.25, 0.3) is 0 Å². The number of amides is 1. The van der Waals surface area contributed by atoms with Gasteiger partial charge in [-0.15, -0.1) is 11.3 Å². The highest BCUT2D eigenvalue weighted by Crippen LogP contribution is 2.33. The molecule has 1 aromatic heterocycles. The molecule has 7 nitrogen and oxygen atoms in total. The molecule has 3 rings (SSSR count). The van der Waals surface area contributed by atoms with Crippen molar-refractivity contribution in [2.45, 2.75) is 44.7 Å². The van der Waals surface area contributed by atoms with Crippen molar-refractivity contribution < 1.29 is 32.6 Å². The van der Waals surface area contributed by atoms with Gasteiger partial charge in [-0.1, -0.05) is 0 Å². The standard InChI is InChI=1S/C14H21N3O2S.C2HF3O2/c1-9-16-11(8-20-9)6-17-4-3-10-5-12(14(18)15-2)19-13(10)7-17;3-2(4,5)1(6)7/h8,10,12-13H,3-7H2,1-2H3,(H,15,18);(H,6,7)/t10-,12-,13+;/m0./s1. The molecule has 0 aliphatic carbocycles. The van der Waals surface area contributed by atoms with Crippen molar-refractivity contribution in [2.24, 2.45) is 5.92 Å². The Bertz CT molecular complexity index is 668. The molecule has 152 valence electrons. The lowest BCUT2D eigenvalue weighted by Gasteiger charge is -2.33. The number of aryl methyl sites for hydroxylation is 1. The molecule has 2 aliphatic heterocycles. The first kappa shape index (κ1) is 21.6. The molecule has 3 heterocycles. The number of hydrogen-bond donors (Lipinski definition) is 2. The van der Waals surface area contributed by atoms with Gasteiger partial charge >= 0.3 is 12.1 Å². The lowest BCUT2D eigenvalue weighted by molar-refractivity contribution is -0.192. The van der Waals surface area contributed by atoms with E-state index in [1.165, 1.54) is 0 Å². The Balaban J connectivity index is 0.000000321. The van der Waals surface area contributed by atoms with Crippen LogP contribution >= 0.6 is 11.3 Å². The van der Waals surface area contributed by atoms with E-state index in [1.807, 2.05) is 6.92 Å². The van der Waals surface area contributed by atoms with Crippen LogP contribution in [-0.4, -0.2) is 65.4 Å². The molecule has 1 amide bonds. The van der Waals surface area contributed by atoms with Gasteiger partial charge in [-0.05, 0) is 32.2 Å². The fraction of sp³-hybridized carbons (Fsp3) is 0.688. The average molecular weight is 409 g/mol. The van der Waals surface area contributed by atoms with E-state index in [0.717, 1.165) is 43.2 Å². The summed E-state index contributed by atoms with van der Waals surface area (Å²) in [6.45, 7) is 4.91. The molecule has 1 aromatic rings. The Morgan fingerprint density at radius 3 is 2.67 bits per heavy atom. The van der Waals surface area contributed by atoms with E-state index < -0.39 is 12.1 Å². The Morgan fingerprint density at radius 2 is 2.15 bits per heavy atom. The third kappa shape index (κ3) is 6.15. The van der Waals surface area contributed by atoms with Gasteiger partial charge in [0.2, 0.25) is 5.91 Å². The van der Waals surface area contributed by atoms with Crippen molar-refractivity contribution in [3.63, 3.8) is 0 Å². The number of carbonyl (C=O) groups excluding carboxylic acids is 1. The first-order valence-corrected chi connectivity index (χ1v) is 9.28. The number of ether oxygens (including phenoxy) is 1. The zero-order chi connectivity index (χ0) is 20.2. The number of carboxylic acid groups (broad SMARTS) is 1. The van der Waals surface area contributed by atoms with E-state index >= 15 is 0 Å². The summed E-state index contributed by atoms with van der Waals surface area (Å²) in [6.07, 6.45) is -3.16. The maximum absolute atomic E-state index is 11.7. The zero-order valence-electron chi connectivity index (χ0n) is 15.0. The molecule has 0 bridgehead atoms. The minimum atomic E-state index is -5.08. The molecule has 0 spiro atoms. The molecule has 3 atom stereocenters. The first-order chi connectivity index (χ1) is 12.6. The summed E-state index contributed by atoms with van der Waals surface area (Å²) in [5.74, 6) is -2.21. The van der Waals surface area contributed by atoms with Crippen LogP contribution in [0, 0.1) is 12.8 Å². The highest BCUT2D eigenvalue weighted by molar-refractivity contribution is 7.09. The van der Waals surface area contributed by atoms with Gasteiger partial charge in [-0.2, -0.15) is 13.2 Å². The molecule has 0 aromatic carbocycles. The number of halogens is 3.